The molecule has 25 heavy (non-hydrogen) atoms. The number of benzene rings is 1. The first kappa shape index (κ1) is 19.5. The Bertz CT molecular complexity index is 726. The number of hydrogen-bond donors (Lipinski definition) is 1. The van der Waals surface area contributed by atoms with Crippen LogP contribution in [0.2, 0.25) is 0 Å². The molecule has 2 amide bonds. The maximum absolute atomic E-state index is 13.1. The first-order valence-electron chi connectivity index (χ1n) is 8.49. The van der Waals surface area contributed by atoms with Crippen LogP contribution >= 0.6 is 0 Å². The zero-order valence-corrected chi connectivity index (χ0v) is 16.1. The van der Waals surface area contributed by atoms with Crippen LogP contribution in [0.1, 0.15) is 24.5 Å². The van der Waals surface area contributed by atoms with Crippen molar-refractivity contribution >= 4 is 16.1 Å². The molecular weight excluding hydrogens is 342 g/mol. The van der Waals surface area contributed by atoms with E-state index in [0.29, 0.717) is 30.9 Å². The highest BCUT2D eigenvalue weighted by Crippen LogP contribution is 2.31. The van der Waals surface area contributed by atoms with Gasteiger partial charge in [-0.05, 0) is 37.5 Å². The van der Waals surface area contributed by atoms with Gasteiger partial charge < -0.3 is 15.0 Å². The van der Waals surface area contributed by atoms with Crippen LogP contribution in [0.15, 0.2) is 17.0 Å². The monoisotopic (exact) mass is 369 g/mol. The molecule has 1 fully saturated rings. The highest BCUT2D eigenvalue weighted by Gasteiger charge is 2.33. The molecule has 0 bridgehead atoms. The summed E-state index contributed by atoms with van der Waals surface area (Å²) in [5.74, 6) is 0.362. The van der Waals surface area contributed by atoms with Crippen LogP contribution < -0.4 is 10.1 Å². The van der Waals surface area contributed by atoms with Gasteiger partial charge in [-0.1, -0.05) is 13.0 Å². The smallest absolute Gasteiger partial charge is 0.317 e. The van der Waals surface area contributed by atoms with E-state index < -0.39 is 10.0 Å². The van der Waals surface area contributed by atoms with E-state index in [0.717, 1.165) is 12.0 Å². The first-order chi connectivity index (χ1) is 11.8. The van der Waals surface area contributed by atoms with E-state index in [1.54, 1.807) is 17.9 Å². The maximum atomic E-state index is 13.1. The Morgan fingerprint density at radius 3 is 2.40 bits per heavy atom. The zero-order valence-electron chi connectivity index (χ0n) is 15.3. The molecule has 1 saturated heterocycles. The lowest BCUT2D eigenvalue weighted by Crippen LogP contribution is -2.53. The van der Waals surface area contributed by atoms with Gasteiger partial charge in [0, 0.05) is 32.7 Å². The highest BCUT2D eigenvalue weighted by molar-refractivity contribution is 7.89. The zero-order chi connectivity index (χ0) is 18.6. The van der Waals surface area contributed by atoms with Gasteiger partial charge in [0.1, 0.15) is 10.6 Å². The number of rotatable bonds is 5. The van der Waals surface area contributed by atoms with Crippen molar-refractivity contribution in [1.29, 1.82) is 0 Å². The fraction of sp³-hybridized carbons (Fsp3) is 0.588. The Hall–Kier alpha value is -1.80. The summed E-state index contributed by atoms with van der Waals surface area (Å²) in [4.78, 5) is 13.9. The Kier molecular flexibility index (Phi) is 6.29. The third-order valence-corrected chi connectivity index (χ3v) is 6.34. The predicted molar refractivity (Wildman–Crippen MR) is 96.5 cm³/mol. The molecule has 1 aromatic carbocycles. The van der Waals surface area contributed by atoms with Gasteiger partial charge in [-0.3, -0.25) is 0 Å². The van der Waals surface area contributed by atoms with Crippen molar-refractivity contribution in [1.82, 2.24) is 14.5 Å². The average molecular weight is 369 g/mol. The minimum Gasteiger partial charge on any atom is -0.495 e. The number of methoxy groups -OCH3 is 1. The van der Waals surface area contributed by atoms with Gasteiger partial charge in [0.05, 0.1) is 7.11 Å². The van der Waals surface area contributed by atoms with Gasteiger partial charge in [-0.25, -0.2) is 13.2 Å². The molecule has 140 valence electrons. The van der Waals surface area contributed by atoms with E-state index in [1.807, 2.05) is 19.9 Å². The molecule has 8 heteroatoms. The molecule has 1 aliphatic heterocycles. The SMILES string of the molecule is CCCNC(=O)N1CCN(S(=O)(=O)c2c(C)cc(C)cc2OC)CC1. The Balaban J connectivity index is 2.17. The number of urea groups is 1. The van der Waals surface area contributed by atoms with E-state index in [2.05, 4.69) is 5.32 Å². The largest absolute Gasteiger partial charge is 0.495 e. The third kappa shape index (κ3) is 4.24. The fourth-order valence-electron chi connectivity index (χ4n) is 3.00. The van der Waals surface area contributed by atoms with Crippen molar-refractivity contribution in [3.05, 3.63) is 23.3 Å². The molecule has 1 aromatic rings. The number of sulfonamides is 1. The first-order valence-corrected chi connectivity index (χ1v) is 9.93. The van der Waals surface area contributed by atoms with Crippen molar-refractivity contribution in [2.24, 2.45) is 0 Å². The number of carbonyl (C=O) groups is 1. The second kappa shape index (κ2) is 8.05. The average Bonchev–Trinajstić information content (AvgIpc) is 2.58. The summed E-state index contributed by atoms with van der Waals surface area (Å²) < 4.78 is 32.9. The lowest BCUT2D eigenvalue weighted by atomic mass is 10.1. The molecule has 0 aromatic heterocycles. The normalized spacial score (nSPS) is 15.9. The molecular formula is C17H27N3O4S. The standard InChI is InChI=1S/C17H27N3O4S/c1-5-6-18-17(21)19-7-9-20(10-8-19)25(22,23)16-14(3)11-13(2)12-15(16)24-4/h11-12H,5-10H2,1-4H3,(H,18,21). The van der Waals surface area contributed by atoms with Gasteiger partial charge in [0.25, 0.3) is 0 Å². The fourth-order valence-corrected chi connectivity index (χ4v) is 4.77. The van der Waals surface area contributed by atoms with Crippen LogP contribution in [-0.4, -0.2) is 63.5 Å². The van der Waals surface area contributed by atoms with Crippen LogP contribution in [0.4, 0.5) is 4.79 Å². The van der Waals surface area contributed by atoms with Crippen molar-refractivity contribution < 1.29 is 17.9 Å². The topological polar surface area (TPSA) is 79.0 Å². The summed E-state index contributed by atoms with van der Waals surface area (Å²) in [7, 11) is -2.19. The summed E-state index contributed by atoms with van der Waals surface area (Å²) in [6, 6.07) is 3.43. The summed E-state index contributed by atoms with van der Waals surface area (Å²) in [5, 5.41) is 2.82. The minimum atomic E-state index is -3.67. The lowest BCUT2D eigenvalue weighted by molar-refractivity contribution is 0.172. The number of nitrogens with zero attached hydrogens (tertiary/aromatic N) is 2. The summed E-state index contributed by atoms with van der Waals surface area (Å²) in [6.45, 7) is 7.59. The number of amides is 2. The molecule has 2 rings (SSSR count). The number of hydrogen-bond acceptors (Lipinski definition) is 4. The molecule has 1 N–H and O–H groups in total. The highest BCUT2D eigenvalue weighted by atomic mass is 32.2. The third-order valence-electron chi connectivity index (χ3n) is 4.25. The molecule has 0 radical (unpaired) electrons. The van der Waals surface area contributed by atoms with Crippen molar-refractivity contribution in [2.75, 3.05) is 39.8 Å². The van der Waals surface area contributed by atoms with Gasteiger partial charge in [-0.15, -0.1) is 0 Å². The number of ether oxygens (including phenoxy) is 1. The van der Waals surface area contributed by atoms with Crippen LogP contribution in [0.3, 0.4) is 0 Å². The minimum absolute atomic E-state index is 0.136. The van der Waals surface area contributed by atoms with Crippen molar-refractivity contribution in [2.45, 2.75) is 32.1 Å². The number of nitrogens with one attached hydrogen (secondary N) is 1. The van der Waals surface area contributed by atoms with Gasteiger partial charge in [0.15, 0.2) is 0 Å². The summed E-state index contributed by atoms with van der Waals surface area (Å²) >= 11 is 0. The molecule has 0 aliphatic carbocycles. The molecule has 0 atom stereocenters. The molecule has 0 spiro atoms. The lowest BCUT2D eigenvalue weighted by Gasteiger charge is -2.34. The molecule has 1 aliphatic rings. The molecule has 7 nitrogen and oxygen atoms in total. The van der Waals surface area contributed by atoms with Crippen molar-refractivity contribution in [3.8, 4) is 5.75 Å². The van der Waals surface area contributed by atoms with Gasteiger partial charge >= 0.3 is 6.03 Å². The van der Waals surface area contributed by atoms with Gasteiger partial charge in [0.2, 0.25) is 10.0 Å². The molecule has 0 saturated carbocycles. The van der Waals surface area contributed by atoms with Crippen LogP contribution in [0.5, 0.6) is 5.75 Å². The summed E-state index contributed by atoms with van der Waals surface area (Å²) in [5.41, 5.74) is 1.62. The molecule has 1 heterocycles. The van der Waals surface area contributed by atoms with E-state index >= 15 is 0 Å². The molecule has 0 unspecified atom stereocenters. The van der Waals surface area contributed by atoms with Crippen LogP contribution in [-0.2, 0) is 10.0 Å². The maximum Gasteiger partial charge on any atom is 0.317 e. The van der Waals surface area contributed by atoms with Gasteiger partial charge in [-0.2, -0.15) is 4.31 Å². The van der Waals surface area contributed by atoms with Crippen LogP contribution in [0.25, 0.3) is 0 Å². The second-order valence-electron chi connectivity index (χ2n) is 6.24. The van der Waals surface area contributed by atoms with E-state index in [4.69, 9.17) is 4.74 Å². The second-order valence-corrected chi connectivity index (χ2v) is 8.11. The predicted octanol–water partition coefficient (Wildman–Crippen LogP) is 1.74. The van der Waals surface area contributed by atoms with Crippen molar-refractivity contribution in [3.63, 3.8) is 0 Å². The Labute approximate surface area is 150 Å². The number of carbonyl (C=O) groups excluding carboxylic acids is 1. The quantitative estimate of drug-likeness (QED) is 0.857. The van der Waals surface area contributed by atoms with E-state index in [-0.39, 0.29) is 24.0 Å². The summed E-state index contributed by atoms with van der Waals surface area (Å²) in [6.07, 6.45) is 0.868. The van der Waals surface area contributed by atoms with E-state index in [9.17, 15) is 13.2 Å². The Morgan fingerprint density at radius 1 is 1.20 bits per heavy atom. The van der Waals surface area contributed by atoms with Crippen LogP contribution in [0, 0.1) is 13.8 Å². The number of piperazine rings is 1. The number of aryl methyl sites for hydroxylation is 2. The Morgan fingerprint density at radius 2 is 1.84 bits per heavy atom. The van der Waals surface area contributed by atoms with E-state index in [1.165, 1.54) is 11.4 Å².